The van der Waals surface area contributed by atoms with E-state index in [2.05, 4.69) is 13.8 Å². The number of epoxide rings is 1. The Morgan fingerprint density at radius 1 is 1.16 bits per heavy atom. The lowest BCUT2D eigenvalue weighted by Crippen LogP contribution is -2.50. The molecule has 1 heterocycles. The standard InChI is InChI=1S/C16H26O3/c1-15(2)9-12-13(19-12)10-16(15,14(17)18)8-11-6-4-3-5-7-11/h11-13H,3-10H2,1-2H3,(H,17,18). The van der Waals surface area contributed by atoms with Crippen LogP contribution in [0.1, 0.15) is 65.2 Å². The van der Waals surface area contributed by atoms with Gasteiger partial charge in [-0.05, 0) is 30.6 Å². The van der Waals surface area contributed by atoms with Crippen LogP contribution in [0.3, 0.4) is 0 Å². The van der Waals surface area contributed by atoms with Crippen molar-refractivity contribution < 1.29 is 14.6 Å². The van der Waals surface area contributed by atoms with Gasteiger partial charge in [-0.25, -0.2) is 0 Å². The molecule has 3 nitrogen and oxygen atoms in total. The van der Waals surface area contributed by atoms with E-state index in [0.717, 1.165) is 19.3 Å². The number of carboxylic acid groups (broad SMARTS) is 1. The molecule has 0 radical (unpaired) electrons. The second-order valence-electron chi connectivity index (χ2n) is 7.60. The molecule has 19 heavy (non-hydrogen) atoms. The van der Waals surface area contributed by atoms with Gasteiger partial charge in [-0.2, -0.15) is 0 Å². The van der Waals surface area contributed by atoms with Gasteiger partial charge in [-0.3, -0.25) is 4.79 Å². The molecule has 1 saturated heterocycles. The zero-order valence-electron chi connectivity index (χ0n) is 12.2. The molecule has 0 aromatic rings. The van der Waals surface area contributed by atoms with Gasteiger partial charge in [0.2, 0.25) is 0 Å². The summed E-state index contributed by atoms with van der Waals surface area (Å²) in [5.41, 5.74) is -0.708. The molecule has 0 aromatic heterocycles. The predicted octanol–water partition coefficient (Wildman–Crippen LogP) is 3.62. The Morgan fingerprint density at radius 3 is 2.42 bits per heavy atom. The van der Waals surface area contributed by atoms with Crippen molar-refractivity contribution in [2.24, 2.45) is 16.7 Å². The van der Waals surface area contributed by atoms with E-state index in [1.54, 1.807) is 0 Å². The number of ether oxygens (including phenoxy) is 1. The smallest absolute Gasteiger partial charge is 0.310 e. The number of fused-ring (bicyclic) bond motifs is 1. The highest BCUT2D eigenvalue weighted by Gasteiger charge is 2.63. The van der Waals surface area contributed by atoms with Crippen molar-refractivity contribution in [3.8, 4) is 0 Å². The SMILES string of the molecule is CC1(C)CC2OC2CC1(CC1CCCCC1)C(=O)O. The number of aliphatic carboxylic acids is 1. The average Bonchev–Trinajstić information content (AvgIpc) is 3.06. The highest BCUT2D eigenvalue weighted by Crippen LogP contribution is 2.60. The van der Waals surface area contributed by atoms with Gasteiger partial charge in [0.25, 0.3) is 0 Å². The van der Waals surface area contributed by atoms with Gasteiger partial charge < -0.3 is 9.84 Å². The highest BCUT2D eigenvalue weighted by molar-refractivity contribution is 5.76. The highest BCUT2D eigenvalue weighted by atomic mass is 16.6. The average molecular weight is 266 g/mol. The van der Waals surface area contributed by atoms with E-state index in [4.69, 9.17) is 4.74 Å². The van der Waals surface area contributed by atoms with Crippen LogP contribution in [0.2, 0.25) is 0 Å². The summed E-state index contributed by atoms with van der Waals surface area (Å²) >= 11 is 0. The maximum Gasteiger partial charge on any atom is 0.310 e. The summed E-state index contributed by atoms with van der Waals surface area (Å²) in [4.78, 5) is 12.1. The summed E-state index contributed by atoms with van der Waals surface area (Å²) in [6, 6.07) is 0. The normalized spacial score (nSPS) is 41.6. The van der Waals surface area contributed by atoms with Crippen LogP contribution < -0.4 is 0 Å². The van der Waals surface area contributed by atoms with Crippen molar-refractivity contribution in [2.75, 3.05) is 0 Å². The first kappa shape index (κ1) is 13.4. The molecular formula is C16H26O3. The minimum absolute atomic E-state index is 0.145. The molecule has 108 valence electrons. The van der Waals surface area contributed by atoms with E-state index < -0.39 is 11.4 Å². The number of hydrogen-bond acceptors (Lipinski definition) is 2. The third-order valence-corrected chi connectivity index (χ3v) is 6.02. The minimum atomic E-state index is -0.586. The Kier molecular flexibility index (Phi) is 3.16. The molecule has 2 aliphatic carbocycles. The van der Waals surface area contributed by atoms with Crippen LogP contribution in [0.5, 0.6) is 0 Å². The maximum absolute atomic E-state index is 12.1. The molecule has 3 aliphatic rings. The van der Waals surface area contributed by atoms with E-state index in [1.807, 2.05) is 0 Å². The predicted molar refractivity (Wildman–Crippen MR) is 72.9 cm³/mol. The van der Waals surface area contributed by atoms with Crippen molar-refractivity contribution in [3.05, 3.63) is 0 Å². The van der Waals surface area contributed by atoms with Crippen molar-refractivity contribution in [1.29, 1.82) is 0 Å². The summed E-state index contributed by atoms with van der Waals surface area (Å²) in [7, 11) is 0. The number of rotatable bonds is 3. The molecule has 1 N–H and O–H groups in total. The Hall–Kier alpha value is -0.570. The molecule has 2 saturated carbocycles. The Labute approximate surface area is 115 Å². The monoisotopic (exact) mass is 266 g/mol. The Balaban J connectivity index is 1.82. The topological polar surface area (TPSA) is 49.8 Å². The van der Waals surface area contributed by atoms with Gasteiger partial charge in [0.05, 0.1) is 17.6 Å². The first-order chi connectivity index (χ1) is 8.95. The molecule has 3 unspecified atom stereocenters. The molecule has 3 rings (SSSR count). The lowest BCUT2D eigenvalue weighted by atomic mass is 9.54. The minimum Gasteiger partial charge on any atom is -0.481 e. The summed E-state index contributed by atoms with van der Waals surface area (Å²) in [6.45, 7) is 4.28. The third kappa shape index (κ3) is 2.20. The fraction of sp³-hybridized carbons (Fsp3) is 0.938. The van der Waals surface area contributed by atoms with Crippen LogP contribution in [0, 0.1) is 16.7 Å². The van der Waals surface area contributed by atoms with Crippen LogP contribution in [0.25, 0.3) is 0 Å². The second kappa shape index (κ2) is 4.47. The summed E-state index contributed by atoms with van der Waals surface area (Å²) in [5.74, 6) is 0.0245. The zero-order valence-corrected chi connectivity index (χ0v) is 12.2. The lowest BCUT2D eigenvalue weighted by molar-refractivity contribution is -0.162. The molecule has 3 heteroatoms. The summed E-state index contributed by atoms with van der Waals surface area (Å²) < 4.78 is 5.64. The van der Waals surface area contributed by atoms with Crippen LogP contribution in [0.4, 0.5) is 0 Å². The van der Waals surface area contributed by atoms with Crippen molar-refractivity contribution in [2.45, 2.75) is 77.4 Å². The molecule has 0 amide bonds. The van der Waals surface area contributed by atoms with E-state index in [9.17, 15) is 9.90 Å². The number of hydrogen-bond donors (Lipinski definition) is 1. The van der Waals surface area contributed by atoms with Crippen molar-refractivity contribution in [1.82, 2.24) is 0 Å². The van der Waals surface area contributed by atoms with E-state index >= 15 is 0 Å². The van der Waals surface area contributed by atoms with Gasteiger partial charge in [-0.15, -0.1) is 0 Å². The lowest BCUT2D eigenvalue weighted by Gasteiger charge is -2.47. The first-order valence-corrected chi connectivity index (χ1v) is 7.83. The molecule has 0 spiro atoms. The molecule has 0 bridgehead atoms. The van der Waals surface area contributed by atoms with Gasteiger partial charge in [0.1, 0.15) is 0 Å². The van der Waals surface area contributed by atoms with Crippen LogP contribution in [-0.4, -0.2) is 23.3 Å². The van der Waals surface area contributed by atoms with Gasteiger partial charge in [0.15, 0.2) is 0 Å². The zero-order chi connectivity index (χ0) is 13.7. The molecule has 3 atom stereocenters. The van der Waals surface area contributed by atoms with E-state index in [1.165, 1.54) is 32.1 Å². The Morgan fingerprint density at radius 2 is 1.79 bits per heavy atom. The van der Waals surface area contributed by atoms with Gasteiger partial charge >= 0.3 is 5.97 Å². The maximum atomic E-state index is 12.1. The molecule has 0 aromatic carbocycles. The fourth-order valence-electron chi connectivity index (χ4n) is 4.56. The summed E-state index contributed by atoms with van der Waals surface area (Å²) in [5, 5.41) is 9.94. The summed E-state index contributed by atoms with van der Waals surface area (Å²) in [6.07, 6.45) is 9.41. The second-order valence-corrected chi connectivity index (χ2v) is 7.60. The largest absolute Gasteiger partial charge is 0.481 e. The van der Waals surface area contributed by atoms with Crippen molar-refractivity contribution in [3.63, 3.8) is 0 Å². The van der Waals surface area contributed by atoms with E-state index in [0.29, 0.717) is 12.0 Å². The molecular weight excluding hydrogens is 240 g/mol. The Bertz CT molecular complexity index is 370. The van der Waals surface area contributed by atoms with Crippen LogP contribution >= 0.6 is 0 Å². The molecule has 1 aliphatic heterocycles. The molecule has 3 fully saturated rings. The van der Waals surface area contributed by atoms with E-state index in [-0.39, 0.29) is 11.5 Å². The quantitative estimate of drug-likeness (QED) is 0.794. The van der Waals surface area contributed by atoms with Gasteiger partial charge in [0, 0.05) is 0 Å². The number of carboxylic acids is 1. The third-order valence-electron chi connectivity index (χ3n) is 6.02. The first-order valence-electron chi connectivity index (χ1n) is 7.83. The van der Waals surface area contributed by atoms with Gasteiger partial charge in [-0.1, -0.05) is 46.0 Å². The van der Waals surface area contributed by atoms with Crippen LogP contribution in [0.15, 0.2) is 0 Å². The number of carbonyl (C=O) groups is 1. The van der Waals surface area contributed by atoms with Crippen LogP contribution in [-0.2, 0) is 9.53 Å². The fourth-order valence-corrected chi connectivity index (χ4v) is 4.56. The van der Waals surface area contributed by atoms with Crippen molar-refractivity contribution >= 4 is 5.97 Å².